The van der Waals surface area contributed by atoms with Crippen LogP contribution in [0.5, 0.6) is 0 Å². The summed E-state index contributed by atoms with van der Waals surface area (Å²) < 4.78 is 15.6. The van der Waals surface area contributed by atoms with Crippen molar-refractivity contribution in [3.63, 3.8) is 0 Å². The summed E-state index contributed by atoms with van der Waals surface area (Å²) in [5.41, 5.74) is 1.18. The number of nitrogens with zero attached hydrogens (tertiary/aromatic N) is 2. The van der Waals surface area contributed by atoms with E-state index in [0.29, 0.717) is 29.8 Å². The summed E-state index contributed by atoms with van der Waals surface area (Å²) in [4.78, 5) is 70.5. The van der Waals surface area contributed by atoms with E-state index in [1.54, 1.807) is 95.0 Å². The van der Waals surface area contributed by atoms with Gasteiger partial charge in [-0.3, -0.25) is 20.2 Å². The Balaban J connectivity index is 1.53. The van der Waals surface area contributed by atoms with Gasteiger partial charge >= 0.3 is 18.2 Å². The molecule has 3 aromatic rings. The molecule has 1 aliphatic rings. The molecule has 0 aromatic heterocycles. The van der Waals surface area contributed by atoms with E-state index in [9.17, 15) is 24.0 Å². The highest BCUT2D eigenvalue weighted by Gasteiger charge is 2.28. The number of amides is 4. The van der Waals surface area contributed by atoms with E-state index in [0.717, 1.165) is 5.56 Å². The van der Waals surface area contributed by atoms with E-state index in [4.69, 9.17) is 37.4 Å². The first-order valence-corrected chi connectivity index (χ1v) is 17.0. The van der Waals surface area contributed by atoms with Gasteiger partial charge < -0.3 is 24.4 Å². The average Bonchev–Trinajstić information content (AvgIpc) is 3.03. The van der Waals surface area contributed by atoms with Crippen LogP contribution < -0.4 is 20.9 Å². The SMILES string of the molecule is COC(=O)[C@H](Cc1ccc(N2CCc3ccc(N=C(NC(=O)OC(C)(C)C)NC(=O)OC(C)(C)C)cc3C2=O)cc1)NC(=O)c1c(Cl)cccc1Cl. The zero-order valence-corrected chi connectivity index (χ0v) is 31.4. The van der Waals surface area contributed by atoms with Gasteiger partial charge in [0, 0.05) is 24.2 Å². The standard InChI is InChI=1S/C37H41Cl2N5O8/c1-36(2,3)51-34(48)42-33(43-35(49)52-37(4,5)6)40-23-14-13-22-17-18-44(31(46)25(22)20-23)24-15-11-21(12-16-24)19-28(32(47)50-7)41-30(45)29-26(38)9-8-10-27(29)39/h8-16,20,28H,17-19H2,1-7H3,(H,41,45)(H2,40,42,43,48,49)/t28-/m0/s1. The molecule has 1 aliphatic heterocycles. The van der Waals surface area contributed by atoms with Crippen molar-refractivity contribution >= 4 is 70.5 Å². The molecule has 0 bridgehead atoms. The highest BCUT2D eigenvalue weighted by molar-refractivity contribution is 6.39. The minimum atomic E-state index is -1.04. The van der Waals surface area contributed by atoms with Crippen molar-refractivity contribution in [2.24, 2.45) is 4.99 Å². The van der Waals surface area contributed by atoms with Crippen molar-refractivity contribution in [1.29, 1.82) is 0 Å². The molecule has 3 N–H and O–H groups in total. The molecule has 0 fully saturated rings. The Kier molecular flexibility index (Phi) is 12.6. The lowest BCUT2D eigenvalue weighted by atomic mass is 9.97. The van der Waals surface area contributed by atoms with E-state index in [-0.39, 0.29) is 39.6 Å². The van der Waals surface area contributed by atoms with E-state index < -0.39 is 41.3 Å². The van der Waals surface area contributed by atoms with Crippen molar-refractivity contribution in [3.05, 3.63) is 93.0 Å². The number of halogens is 2. The number of aliphatic imine (C=N–C) groups is 1. The zero-order valence-electron chi connectivity index (χ0n) is 29.9. The number of guanidine groups is 1. The van der Waals surface area contributed by atoms with Crippen LogP contribution in [0.3, 0.4) is 0 Å². The number of nitrogens with one attached hydrogen (secondary N) is 3. The smallest absolute Gasteiger partial charge is 0.414 e. The molecule has 1 heterocycles. The minimum Gasteiger partial charge on any atom is -0.467 e. The summed E-state index contributed by atoms with van der Waals surface area (Å²) in [6, 6.07) is 15.6. The van der Waals surface area contributed by atoms with Crippen LogP contribution in [0, 0.1) is 0 Å². The molecular weight excluding hydrogens is 713 g/mol. The Morgan fingerprint density at radius 2 is 1.44 bits per heavy atom. The van der Waals surface area contributed by atoms with Gasteiger partial charge in [0.15, 0.2) is 0 Å². The maximum atomic E-state index is 13.8. The maximum Gasteiger partial charge on any atom is 0.414 e. The number of fused-ring (bicyclic) bond motifs is 1. The van der Waals surface area contributed by atoms with Gasteiger partial charge in [-0.15, -0.1) is 0 Å². The lowest BCUT2D eigenvalue weighted by molar-refractivity contribution is -0.142. The fraction of sp³-hybridized carbons (Fsp3) is 0.351. The molecule has 1 atom stereocenters. The van der Waals surface area contributed by atoms with E-state index in [2.05, 4.69) is 20.9 Å². The summed E-state index contributed by atoms with van der Waals surface area (Å²) in [5.74, 6) is -1.83. The molecule has 0 spiro atoms. The fourth-order valence-corrected chi connectivity index (χ4v) is 5.69. The fourth-order valence-electron chi connectivity index (χ4n) is 5.12. The number of hydrogen-bond donors (Lipinski definition) is 3. The van der Waals surface area contributed by atoms with Crippen LogP contribution in [0.2, 0.25) is 10.0 Å². The van der Waals surface area contributed by atoms with Crippen LogP contribution >= 0.6 is 23.2 Å². The number of anilines is 1. The molecule has 3 aromatic carbocycles. The number of methoxy groups -OCH3 is 1. The number of rotatable bonds is 7. The molecule has 0 saturated heterocycles. The van der Waals surface area contributed by atoms with E-state index in [1.165, 1.54) is 19.2 Å². The second-order valence-electron chi connectivity index (χ2n) is 13.8. The highest BCUT2D eigenvalue weighted by Crippen LogP contribution is 2.29. The van der Waals surface area contributed by atoms with Gasteiger partial charge in [-0.05, 0) is 95.5 Å². The lowest BCUT2D eigenvalue weighted by Crippen LogP contribution is -2.47. The van der Waals surface area contributed by atoms with Crippen LogP contribution in [0.1, 0.15) is 73.4 Å². The van der Waals surface area contributed by atoms with E-state index in [1.807, 2.05) is 0 Å². The third kappa shape index (κ3) is 10.9. The average molecular weight is 755 g/mol. The van der Waals surface area contributed by atoms with Crippen molar-refractivity contribution in [1.82, 2.24) is 16.0 Å². The van der Waals surface area contributed by atoms with Crippen LogP contribution in [-0.4, -0.2) is 66.8 Å². The predicted octanol–water partition coefficient (Wildman–Crippen LogP) is 6.75. The molecule has 4 rings (SSSR count). The van der Waals surface area contributed by atoms with Crippen LogP contribution in [0.15, 0.2) is 65.7 Å². The summed E-state index contributed by atoms with van der Waals surface area (Å²) in [5, 5.41) is 7.80. The number of alkyl carbamates (subject to hydrolysis) is 2. The Morgan fingerprint density at radius 1 is 0.865 bits per heavy atom. The minimum absolute atomic E-state index is 0.0441. The Bertz CT molecular complexity index is 1830. The molecule has 4 amide bonds. The van der Waals surface area contributed by atoms with Crippen LogP contribution in [0.25, 0.3) is 0 Å². The van der Waals surface area contributed by atoms with Gasteiger partial charge in [0.1, 0.15) is 17.2 Å². The quantitative estimate of drug-likeness (QED) is 0.103. The number of hydrogen-bond acceptors (Lipinski definition) is 9. The normalized spacial score (nSPS) is 13.2. The second kappa shape index (κ2) is 16.5. The maximum absolute atomic E-state index is 13.8. The van der Waals surface area contributed by atoms with Gasteiger partial charge in [0.05, 0.1) is 28.4 Å². The number of ether oxygens (including phenoxy) is 3. The van der Waals surface area contributed by atoms with Gasteiger partial charge in [-0.2, -0.15) is 0 Å². The Hall–Kier alpha value is -5.14. The zero-order chi connectivity index (χ0) is 38.4. The summed E-state index contributed by atoms with van der Waals surface area (Å²) in [7, 11) is 1.22. The van der Waals surface area contributed by atoms with Crippen molar-refractivity contribution < 1.29 is 38.2 Å². The van der Waals surface area contributed by atoms with Crippen molar-refractivity contribution in [3.8, 4) is 0 Å². The topological polar surface area (TPSA) is 165 Å². The van der Waals surface area contributed by atoms with Gasteiger partial charge in [-0.1, -0.05) is 47.5 Å². The highest BCUT2D eigenvalue weighted by atomic mass is 35.5. The molecule has 0 saturated carbocycles. The molecule has 0 unspecified atom stereocenters. The van der Waals surface area contributed by atoms with Crippen molar-refractivity contribution in [2.45, 2.75) is 71.6 Å². The van der Waals surface area contributed by atoms with Crippen LogP contribution in [-0.2, 0) is 31.8 Å². The lowest BCUT2D eigenvalue weighted by Gasteiger charge is -2.29. The Labute approximate surface area is 312 Å². The monoisotopic (exact) mass is 753 g/mol. The molecule has 0 aliphatic carbocycles. The number of carbonyl (C=O) groups is 5. The predicted molar refractivity (Wildman–Crippen MR) is 198 cm³/mol. The molecule has 13 nitrogen and oxygen atoms in total. The van der Waals surface area contributed by atoms with Gasteiger partial charge in [-0.25, -0.2) is 19.4 Å². The third-order valence-electron chi connectivity index (χ3n) is 7.32. The first-order chi connectivity index (χ1) is 24.3. The first-order valence-electron chi connectivity index (χ1n) is 16.3. The van der Waals surface area contributed by atoms with Gasteiger partial charge in [0.25, 0.3) is 11.8 Å². The van der Waals surface area contributed by atoms with E-state index >= 15 is 0 Å². The summed E-state index contributed by atoms with van der Waals surface area (Å²) in [6.45, 7) is 10.6. The summed E-state index contributed by atoms with van der Waals surface area (Å²) >= 11 is 12.4. The van der Waals surface area contributed by atoms with Crippen LogP contribution in [0.4, 0.5) is 21.0 Å². The largest absolute Gasteiger partial charge is 0.467 e. The first kappa shape index (κ1) is 39.6. The number of carbonyl (C=O) groups excluding carboxylic acids is 5. The number of esters is 1. The van der Waals surface area contributed by atoms with Gasteiger partial charge in [0.2, 0.25) is 5.96 Å². The Morgan fingerprint density at radius 3 is 1.98 bits per heavy atom. The molecule has 52 heavy (non-hydrogen) atoms. The molecular formula is C37H41Cl2N5O8. The molecule has 15 heteroatoms. The molecule has 276 valence electrons. The van der Waals surface area contributed by atoms with Crippen molar-refractivity contribution in [2.75, 3.05) is 18.6 Å². The molecule has 0 radical (unpaired) electrons. The summed E-state index contributed by atoms with van der Waals surface area (Å²) in [6.07, 6.45) is -1.06. The third-order valence-corrected chi connectivity index (χ3v) is 7.95. The second-order valence-corrected chi connectivity index (χ2v) is 14.6. The number of benzene rings is 3.